The molecule has 0 fully saturated rings. The van der Waals surface area contributed by atoms with Gasteiger partial charge in [-0.15, -0.1) is 0 Å². The summed E-state index contributed by atoms with van der Waals surface area (Å²) in [5, 5.41) is 0. The van der Waals surface area contributed by atoms with Crippen molar-refractivity contribution in [2.45, 2.75) is 26.2 Å². The maximum absolute atomic E-state index is 4.75. The topological polar surface area (TPSA) is 22.2 Å². The molecule has 0 saturated heterocycles. The second-order valence-corrected chi connectivity index (χ2v) is 5.59. The summed E-state index contributed by atoms with van der Waals surface area (Å²) in [7, 11) is 0. The quantitative estimate of drug-likeness (QED) is 0.635. The molecule has 3 rings (SSSR count). The van der Waals surface area contributed by atoms with E-state index in [9.17, 15) is 0 Å². The second-order valence-electron chi connectivity index (χ2n) is 5.59. The number of para-hydroxylation sites is 2. The summed E-state index contributed by atoms with van der Waals surface area (Å²) in [6, 6.07) is 8.28. The Morgan fingerprint density at radius 2 is 1.83 bits per heavy atom. The zero-order chi connectivity index (χ0) is 12.9. The van der Waals surface area contributed by atoms with E-state index in [2.05, 4.69) is 50.1 Å². The van der Waals surface area contributed by atoms with Gasteiger partial charge in [0.2, 0.25) is 5.78 Å². The molecule has 0 bridgehead atoms. The van der Waals surface area contributed by atoms with Crippen molar-refractivity contribution in [3.63, 3.8) is 0 Å². The van der Waals surface area contributed by atoms with E-state index in [4.69, 9.17) is 4.98 Å². The Morgan fingerprint density at radius 3 is 2.44 bits per heavy atom. The number of aromatic nitrogens is 3. The molecular weight excluding hydrogens is 222 g/mol. The summed E-state index contributed by atoms with van der Waals surface area (Å²) in [5.74, 6) is 0.927. The van der Waals surface area contributed by atoms with Crippen molar-refractivity contribution in [1.82, 2.24) is 14.0 Å². The van der Waals surface area contributed by atoms with Crippen molar-refractivity contribution in [3.8, 4) is 0 Å². The lowest BCUT2D eigenvalue weighted by Gasteiger charge is -2.14. The Balaban J connectivity index is 2.45. The van der Waals surface area contributed by atoms with Gasteiger partial charge in [0.15, 0.2) is 0 Å². The first-order valence-electron chi connectivity index (χ1n) is 6.13. The smallest absolute Gasteiger partial charge is 0.219 e. The molecule has 0 radical (unpaired) electrons. The fraction of sp³-hybridized carbons (Fsp3) is 0.267. The van der Waals surface area contributed by atoms with Crippen LogP contribution >= 0.6 is 0 Å². The minimum absolute atomic E-state index is 0.0547. The molecular formula is C15H17N3. The molecule has 0 aliphatic heterocycles. The van der Waals surface area contributed by atoms with Gasteiger partial charge in [-0.05, 0) is 12.1 Å². The number of hydrogen-bond acceptors (Lipinski definition) is 1. The monoisotopic (exact) mass is 239 g/mol. The van der Waals surface area contributed by atoms with Crippen molar-refractivity contribution < 1.29 is 0 Å². The molecule has 2 heterocycles. The van der Waals surface area contributed by atoms with Gasteiger partial charge in [0.05, 0.1) is 16.7 Å². The molecule has 2 aromatic heterocycles. The van der Waals surface area contributed by atoms with Crippen molar-refractivity contribution in [2.75, 3.05) is 0 Å². The zero-order valence-electron chi connectivity index (χ0n) is 11.0. The minimum Gasteiger partial charge on any atom is -0.286 e. The van der Waals surface area contributed by atoms with E-state index in [1.165, 1.54) is 0 Å². The summed E-state index contributed by atoms with van der Waals surface area (Å²) in [6.45, 7) is 10.4. The van der Waals surface area contributed by atoms with Crippen LogP contribution in [0.1, 0.15) is 26.5 Å². The van der Waals surface area contributed by atoms with Gasteiger partial charge in [0.1, 0.15) is 0 Å². The SMILES string of the molecule is C=Cn1c2ccccc2n2cc(C(C)(C)C)nc12. The fourth-order valence-electron chi connectivity index (χ4n) is 2.24. The maximum atomic E-state index is 4.75. The highest BCUT2D eigenvalue weighted by molar-refractivity contribution is 5.83. The molecule has 0 aliphatic rings. The molecule has 18 heavy (non-hydrogen) atoms. The Kier molecular flexibility index (Phi) is 2.14. The van der Waals surface area contributed by atoms with Crippen LogP contribution in [0, 0.1) is 0 Å². The van der Waals surface area contributed by atoms with Crippen molar-refractivity contribution in [1.29, 1.82) is 0 Å². The number of rotatable bonds is 1. The van der Waals surface area contributed by atoms with Crippen LogP contribution < -0.4 is 0 Å². The highest BCUT2D eigenvalue weighted by Gasteiger charge is 2.20. The van der Waals surface area contributed by atoms with Crippen LogP contribution in [0.15, 0.2) is 37.0 Å². The van der Waals surface area contributed by atoms with Gasteiger partial charge in [-0.25, -0.2) is 4.98 Å². The average Bonchev–Trinajstić information content (AvgIpc) is 2.84. The molecule has 0 saturated carbocycles. The number of fused-ring (bicyclic) bond motifs is 3. The molecule has 0 amide bonds. The Morgan fingerprint density at radius 1 is 1.17 bits per heavy atom. The molecule has 0 aliphatic carbocycles. The summed E-state index contributed by atoms with van der Waals surface area (Å²) in [5.41, 5.74) is 3.45. The Bertz CT molecular complexity index is 738. The lowest BCUT2D eigenvalue weighted by molar-refractivity contribution is 0.573. The number of imidazole rings is 2. The standard InChI is InChI=1S/C15H17N3/c1-5-17-11-8-6-7-9-12(11)18-10-13(15(2,3)4)16-14(17)18/h5-10H,1H2,2-4H3. The fourth-order valence-corrected chi connectivity index (χ4v) is 2.24. The lowest BCUT2D eigenvalue weighted by Crippen LogP contribution is -2.11. The first-order valence-corrected chi connectivity index (χ1v) is 6.13. The van der Waals surface area contributed by atoms with Crippen molar-refractivity contribution in [3.05, 3.63) is 42.7 Å². The summed E-state index contributed by atoms with van der Waals surface area (Å²) in [4.78, 5) is 4.75. The highest BCUT2D eigenvalue weighted by Crippen LogP contribution is 2.26. The van der Waals surface area contributed by atoms with Gasteiger partial charge in [-0.3, -0.25) is 8.97 Å². The van der Waals surface area contributed by atoms with E-state index in [1.807, 2.05) is 22.9 Å². The van der Waals surface area contributed by atoms with Crippen LogP contribution in [0.5, 0.6) is 0 Å². The molecule has 92 valence electrons. The largest absolute Gasteiger partial charge is 0.286 e. The van der Waals surface area contributed by atoms with Crippen molar-refractivity contribution in [2.24, 2.45) is 0 Å². The van der Waals surface area contributed by atoms with Crippen molar-refractivity contribution >= 4 is 23.0 Å². The van der Waals surface area contributed by atoms with Crippen LogP contribution in [0.25, 0.3) is 23.0 Å². The first kappa shape index (κ1) is 11.1. The van der Waals surface area contributed by atoms with Crippen LogP contribution in [0.4, 0.5) is 0 Å². The average molecular weight is 239 g/mol. The predicted molar refractivity (Wildman–Crippen MR) is 75.8 cm³/mol. The van der Waals surface area contributed by atoms with Gasteiger partial charge in [-0.2, -0.15) is 0 Å². The summed E-state index contributed by atoms with van der Waals surface area (Å²) in [6.07, 6.45) is 3.94. The normalized spacial score (nSPS) is 12.4. The van der Waals surface area contributed by atoms with Gasteiger partial charge in [-0.1, -0.05) is 39.5 Å². The zero-order valence-corrected chi connectivity index (χ0v) is 11.0. The molecule has 3 nitrogen and oxygen atoms in total. The van der Waals surface area contributed by atoms with Crippen LogP contribution in [-0.4, -0.2) is 14.0 Å². The van der Waals surface area contributed by atoms with Gasteiger partial charge >= 0.3 is 0 Å². The van der Waals surface area contributed by atoms with E-state index in [-0.39, 0.29) is 5.41 Å². The number of hydrogen-bond donors (Lipinski definition) is 0. The van der Waals surface area contributed by atoms with E-state index in [0.29, 0.717) is 0 Å². The third kappa shape index (κ3) is 1.40. The Labute approximate surface area is 106 Å². The van der Waals surface area contributed by atoms with E-state index in [1.54, 1.807) is 0 Å². The van der Waals surface area contributed by atoms with Gasteiger partial charge in [0.25, 0.3) is 0 Å². The molecule has 0 N–H and O–H groups in total. The molecule has 3 heteroatoms. The second kappa shape index (κ2) is 3.48. The molecule has 1 aromatic carbocycles. The Hall–Kier alpha value is -2.03. The minimum atomic E-state index is 0.0547. The molecule has 0 atom stereocenters. The summed E-state index contributed by atoms with van der Waals surface area (Å²) >= 11 is 0. The van der Waals surface area contributed by atoms with E-state index >= 15 is 0 Å². The van der Waals surface area contributed by atoms with E-state index in [0.717, 1.165) is 22.5 Å². The van der Waals surface area contributed by atoms with E-state index < -0.39 is 0 Å². The number of benzene rings is 1. The van der Waals surface area contributed by atoms with Crippen LogP contribution in [0.3, 0.4) is 0 Å². The third-order valence-corrected chi connectivity index (χ3v) is 3.25. The number of nitrogens with zero attached hydrogens (tertiary/aromatic N) is 3. The first-order chi connectivity index (χ1) is 8.52. The summed E-state index contributed by atoms with van der Waals surface area (Å²) < 4.78 is 4.17. The maximum Gasteiger partial charge on any atom is 0.219 e. The predicted octanol–water partition coefficient (Wildman–Crippen LogP) is 3.69. The highest BCUT2D eigenvalue weighted by atomic mass is 15.2. The van der Waals surface area contributed by atoms with Crippen LogP contribution in [0.2, 0.25) is 0 Å². The molecule has 3 aromatic rings. The van der Waals surface area contributed by atoms with Crippen LogP contribution in [-0.2, 0) is 5.41 Å². The molecule has 0 spiro atoms. The lowest BCUT2D eigenvalue weighted by atomic mass is 9.93. The molecule has 0 unspecified atom stereocenters. The van der Waals surface area contributed by atoms with Gasteiger partial charge in [0, 0.05) is 17.8 Å². The van der Waals surface area contributed by atoms with Gasteiger partial charge < -0.3 is 0 Å². The third-order valence-electron chi connectivity index (χ3n) is 3.25.